The molecule has 1 aromatic carbocycles. The topological polar surface area (TPSA) is 47.8 Å². The van der Waals surface area contributed by atoms with E-state index in [1.807, 2.05) is 0 Å². The van der Waals surface area contributed by atoms with Crippen LogP contribution in [0.1, 0.15) is 10.4 Å². The van der Waals surface area contributed by atoms with Gasteiger partial charge < -0.3 is 0 Å². The number of carbonyl (C=O) groups is 1. The zero-order chi connectivity index (χ0) is 10.8. The molecule has 0 aliphatic heterocycles. The van der Waals surface area contributed by atoms with Crippen LogP contribution in [0.4, 0.5) is 0 Å². The highest BCUT2D eigenvalue weighted by Gasteiger charge is 2.08. The van der Waals surface area contributed by atoms with Crippen molar-refractivity contribution in [1.29, 1.82) is 0 Å². The van der Waals surface area contributed by atoms with Crippen LogP contribution in [0.15, 0.2) is 24.8 Å². The molecule has 2 rings (SSSR count). The molecule has 0 bridgehead atoms. The molecule has 1 aromatic heterocycles. The number of rotatable bonds is 2. The normalized spacial score (nSPS) is 10.3. The van der Waals surface area contributed by atoms with Crippen molar-refractivity contribution < 1.29 is 4.79 Å². The van der Waals surface area contributed by atoms with E-state index in [1.54, 1.807) is 16.7 Å². The number of hydrogen-bond acceptors (Lipinski definition) is 3. The Balaban J connectivity index is 2.58. The second-order valence-corrected chi connectivity index (χ2v) is 3.62. The molecular weight excluding hydrogens is 237 g/mol. The Morgan fingerprint density at radius 3 is 2.13 bits per heavy atom. The zero-order valence-electron chi connectivity index (χ0n) is 7.39. The quantitative estimate of drug-likeness (QED) is 0.759. The Hall–Kier alpha value is -1.39. The van der Waals surface area contributed by atoms with E-state index in [2.05, 4.69) is 10.2 Å². The average molecular weight is 242 g/mol. The zero-order valence-corrected chi connectivity index (χ0v) is 8.90. The Bertz CT molecular complexity index is 473. The number of halogens is 2. The number of benzene rings is 1. The molecule has 0 radical (unpaired) electrons. The summed E-state index contributed by atoms with van der Waals surface area (Å²) in [4.78, 5) is 10.6. The van der Waals surface area contributed by atoms with Crippen LogP contribution in [-0.4, -0.2) is 21.1 Å². The molecule has 6 heteroatoms. The highest BCUT2D eigenvalue weighted by Crippen LogP contribution is 2.26. The summed E-state index contributed by atoms with van der Waals surface area (Å²) < 4.78 is 1.65. The summed E-state index contributed by atoms with van der Waals surface area (Å²) in [5, 5.41) is 7.93. The molecular formula is C9H5Cl2N3O. The molecule has 0 N–H and O–H groups in total. The van der Waals surface area contributed by atoms with Crippen molar-refractivity contribution in [2.45, 2.75) is 0 Å². The molecule has 0 amide bonds. The maximum Gasteiger partial charge on any atom is 0.153 e. The second-order valence-electron chi connectivity index (χ2n) is 2.81. The van der Waals surface area contributed by atoms with E-state index in [0.717, 1.165) is 0 Å². The van der Waals surface area contributed by atoms with E-state index in [9.17, 15) is 4.79 Å². The fourth-order valence-corrected chi connectivity index (χ4v) is 1.73. The van der Waals surface area contributed by atoms with Crippen molar-refractivity contribution in [1.82, 2.24) is 14.8 Å². The average Bonchev–Trinajstić information content (AvgIpc) is 2.69. The van der Waals surface area contributed by atoms with Crippen molar-refractivity contribution in [3.8, 4) is 5.69 Å². The molecule has 4 nitrogen and oxygen atoms in total. The van der Waals surface area contributed by atoms with Crippen LogP contribution in [0.5, 0.6) is 0 Å². The molecule has 76 valence electrons. The number of aldehydes is 1. The molecule has 0 unspecified atom stereocenters. The molecule has 0 spiro atoms. The molecule has 15 heavy (non-hydrogen) atoms. The van der Waals surface area contributed by atoms with Crippen LogP contribution in [0.2, 0.25) is 10.0 Å². The summed E-state index contributed by atoms with van der Waals surface area (Å²) in [6, 6.07) is 3.25. The van der Waals surface area contributed by atoms with E-state index in [4.69, 9.17) is 23.2 Å². The van der Waals surface area contributed by atoms with E-state index < -0.39 is 0 Å². The third kappa shape index (κ3) is 1.86. The van der Waals surface area contributed by atoms with Gasteiger partial charge in [0.05, 0.1) is 21.3 Å². The van der Waals surface area contributed by atoms with Gasteiger partial charge in [0.1, 0.15) is 12.7 Å². The smallest absolute Gasteiger partial charge is 0.153 e. The van der Waals surface area contributed by atoms with E-state index in [-0.39, 0.29) is 5.56 Å². The maximum atomic E-state index is 10.6. The number of carbonyl (C=O) groups excluding carboxylic acids is 1. The van der Waals surface area contributed by atoms with Gasteiger partial charge in [-0.15, -0.1) is 10.2 Å². The van der Waals surface area contributed by atoms with Crippen molar-refractivity contribution in [3.63, 3.8) is 0 Å². The van der Waals surface area contributed by atoms with Gasteiger partial charge in [-0.3, -0.25) is 9.36 Å². The molecule has 1 heterocycles. The van der Waals surface area contributed by atoms with Crippen LogP contribution in [0.3, 0.4) is 0 Å². The Morgan fingerprint density at radius 2 is 1.67 bits per heavy atom. The molecule has 0 atom stereocenters. The van der Waals surface area contributed by atoms with Gasteiger partial charge in [-0.2, -0.15) is 0 Å². The summed E-state index contributed by atoms with van der Waals surface area (Å²) in [6.45, 7) is 0. The first kappa shape index (κ1) is 10.1. The summed E-state index contributed by atoms with van der Waals surface area (Å²) in [6.07, 6.45) is 3.66. The number of nitrogens with zero attached hydrogens (tertiary/aromatic N) is 3. The van der Waals surface area contributed by atoms with Gasteiger partial charge in [0.15, 0.2) is 6.29 Å². The summed E-state index contributed by atoms with van der Waals surface area (Å²) in [5.41, 5.74) is 0.996. The Kier molecular flexibility index (Phi) is 2.70. The van der Waals surface area contributed by atoms with Gasteiger partial charge in [0.25, 0.3) is 0 Å². The van der Waals surface area contributed by atoms with Crippen molar-refractivity contribution in [3.05, 3.63) is 40.4 Å². The lowest BCUT2D eigenvalue weighted by Crippen LogP contribution is -1.93. The third-order valence-electron chi connectivity index (χ3n) is 1.90. The minimum atomic E-state index is 0.287. The molecule has 0 saturated carbocycles. The molecule has 0 aliphatic rings. The summed E-state index contributed by atoms with van der Waals surface area (Å²) >= 11 is 11.8. The van der Waals surface area contributed by atoms with Gasteiger partial charge in [0, 0.05) is 0 Å². The van der Waals surface area contributed by atoms with Crippen LogP contribution in [0.25, 0.3) is 5.69 Å². The van der Waals surface area contributed by atoms with Crippen LogP contribution < -0.4 is 0 Å². The van der Waals surface area contributed by atoms with Gasteiger partial charge in [-0.1, -0.05) is 23.2 Å². The summed E-state index contributed by atoms with van der Waals surface area (Å²) in [5.74, 6) is 0. The fraction of sp³-hybridized carbons (Fsp3) is 0. The maximum absolute atomic E-state index is 10.6. The SMILES string of the molecule is O=Cc1c(Cl)cc(-n2cnnc2)cc1Cl. The van der Waals surface area contributed by atoms with E-state index in [1.165, 1.54) is 12.7 Å². The minimum Gasteiger partial charge on any atom is -0.298 e. The van der Waals surface area contributed by atoms with Crippen molar-refractivity contribution >= 4 is 29.5 Å². The first-order valence-corrected chi connectivity index (χ1v) is 4.77. The highest BCUT2D eigenvalue weighted by atomic mass is 35.5. The van der Waals surface area contributed by atoms with Gasteiger partial charge in [0.2, 0.25) is 0 Å². The lowest BCUT2D eigenvalue weighted by atomic mass is 10.2. The molecule has 0 aliphatic carbocycles. The van der Waals surface area contributed by atoms with Gasteiger partial charge in [-0.25, -0.2) is 0 Å². The van der Waals surface area contributed by atoms with Crippen LogP contribution in [0, 0.1) is 0 Å². The van der Waals surface area contributed by atoms with E-state index >= 15 is 0 Å². The van der Waals surface area contributed by atoms with Gasteiger partial charge in [-0.05, 0) is 12.1 Å². The minimum absolute atomic E-state index is 0.287. The summed E-state index contributed by atoms with van der Waals surface area (Å²) in [7, 11) is 0. The highest BCUT2D eigenvalue weighted by molar-refractivity contribution is 6.38. The largest absolute Gasteiger partial charge is 0.298 e. The van der Waals surface area contributed by atoms with Crippen molar-refractivity contribution in [2.24, 2.45) is 0 Å². The van der Waals surface area contributed by atoms with Crippen LogP contribution >= 0.6 is 23.2 Å². The molecule has 0 fully saturated rings. The first-order chi connectivity index (χ1) is 7.22. The van der Waals surface area contributed by atoms with Crippen molar-refractivity contribution in [2.75, 3.05) is 0 Å². The van der Waals surface area contributed by atoms with Gasteiger partial charge >= 0.3 is 0 Å². The Labute approximate surface area is 95.4 Å². The predicted octanol–water partition coefficient (Wildman–Crippen LogP) is 2.39. The molecule has 0 saturated heterocycles. The lowest BCUT2D eigenvalue weighted by molar-refractivity contribution is 0.112. The molecule has 2 aromatic rings. The number of aromatic nitrogens is 3. The third-order valence-corrected chi connectivity index (χ3v) is 2.52. The second kappa shape index (κ2) is 4.00. The number of hydrogen-bond donors (Lipinski definition) is 0. The Morgan fingerprint density at radius 1 is 1.13 bits per heavy atom. The van der Waals surface area contributed by atoms with E-state index in [0.29, 0.717) is 22.0 Å². The lowest BCUT2D eigenvalue weighted by Gasteiger charge is -2.05. The van der Waals surface area contributed by atoms with Crippen LogP contribution in [-0.2, 0) is 0 Å². The first-order valence-electron chi connectivity index (χ1n) is 4.01. The standard InChI is InChI=1S/C9H5Cl2N3O/c10-8-1-6(14-4-12-13-5-14)2-9(11)7(8)3-15/h1-5H. The fourth-order valence-electron chi connectivity index (χ4n) is 1.17. The predicted molar refractivity (Wildman–Crippen MR) is 56.8 cm³/mol. The monoisotopic (exact) mass is 241 g/mol.